The molecule has 20 heavy (non-hydrogen) atoms. The molecule has 0 radical (unpaired) electrons. The number of benzene rings is 2. The van der Waals surface area contributed by atoms with Crippen LogP contribution >= 0.6 is 0 Å². The number of nitrogens with one attached hydrogen (secondary N) is 1. The Hall–Kier alpha value is -1.60. The molecule has 1 heteroatoms. The summed E-state index contributed by atoms with van der Waals surface area (Å²) in [6.07, 6.45) is 4.78. The first-order chi connectivity index (χ1) is 9.83. The van der Waals surface area contributed by atoms with Crippen LogP contribution in [0.25, 0.3) is 11.1 Å². The maximum absolute atomic E-state index is 3.43. The second kappa shape index (κ2) is 5.80. The van der Waals surface area contributed by atoms with Crippen LogP contribution in [0.4, 0.5) is 0 Å². The van der Waals surface area contributed by atoms with E-state index in [2.05, 4.69) is 61.8 Å². The van der Waals surface area contributed by atoms with Crippen molar-refractivity contribution >= 4 is 0 Å². The van der Waals surface area contributed by atoms with Gasteiger partial charge in [0.15, 0.2) is 0 Å². The third-order valence-corrected chi connectivity index (χ3v) is 4.40. The lowest BCUT2D eigenvalue weighted by Gasteiger charge is -2.13. The zero-order valence-corrected chi connectivity index (χ0v) is 12.4. The van der Waals surface area contributed by atoms with Gasteiger partial charge in [-0.25, -0.2) is 0 Å². The molecule has 0 bridgehead atoms. The lowest BCUT2D eigenvalue weighted by Crippen LogP contribution is -2.12. The third-order valence-electron chi connectivity index (χ3n) is 4.40. The molecule has 1 N–H and O–H groups in total. The molecule has 1 atom stereocenters. The van der Waals surface area contributed by atoms with E-state index in [0.717, 1.165) is 0 Å². The van der Waals surface area contributed by atoms with Gasteiger partial charge in [0.2, 0.25) is 0 Å². The molecule has 0 spiro atoms. The highest BCUT2D eigenvalue weighted by Gasteiger charge is 2.23. The fourth-order valence-electron chi connectivity index (χ4n) is 3.41. The quantitative estimate of drug-likeness (QED) is 0.857. The first-order valence-corrected chi connectivity index (χ1v) is 7.72. The van der Waals surface area contributed by atoms with Crippen LogP contribution in [-0.4, -0.2) is 7.05 Å². The van der Waals surface area contributed by atoms with Crippen molar-refractivity contribution in [3.05, 3.63) is 59.2 Å². The van der Waals surface area contributed by atoms with Crippen LogP contribution in [0, 0.1) is 0 Å². The molecule has 2 aromatic rings. The predicted molar refractivity (Wildman–Crippen MR) is 86.0 cm³/mol. The fraction of sp³-hybridized carbons (Fsp3) is 0.368. The molecular formula is C19H23N. The summed E-state index contributed by atoms with van der Waals surface area (Å²) in [5.41, 5.74) is 7.29. The van der Waals surface area contributed by atoms with Crippen molar-refractivity contribution in [2.45, 2.75) is 38.6 Å². The summed E-state index contributed by atoms with van der Waals surface area (Å²) in [5.74, 6) is 0. The lowest BCUT2D eigenvalue weighted by atomic mass is 9.94. The maximum atomic E-state index is 3.43. The van der Waals surface area contributed by atoms with Crippen molar-refractivity contribution in [3.8, 4) is 11.1 Å². The molecule has 3 rings (SSSR count). The summed E-state index contributed by atoms with van der Waals surface area (Å²) in [6, 6.07) is 16.4. The highest BCUT2D eigenvalue weighted by Crippen LogP contribution is 2.37. The zero-order valence-electron chi connectivity index (χ0n) is 12.4. The fourth-order valence-corrected chi connectivity index (χ4v) is 3.41. The summed E-state index contributed by atoms with van der Waals surface area (Å²) in [4.78, 5) is 0. The van der Waals surface area contributed by atoms with E-state index >= 15 is 0 Å². The van der Waals surface area contributed by atoms with E-state index < -0.39 is 0 Å². The van der Waals surface area contributed by atoms with E-state index in [9.17, 15) is 0 Å². The van der Waals surface area contributed by atoms with Crippen LogP contribution in [-0.2, 0) is 12.8 Å². The van der Waals surface area contributed by atoms with E-state index in [1.807, 2.05) is 0 Å². The molecule has 1 unspecified atom stereocenters. The van der Waals surface area contributed by atoms with Gasteiger partial charge < -0.3 is 5.32 Å². The Morgan fingerprint density at radius 1 is 1.15 bits per heavy atom. The third kappa shape index (κ3) is 2.38. The van der Waals surface area contributed by atoms with Crippen LogP contribution in [0.15, 0.2) is 42.5 Å². The second-order valence-electron chi connectivity index (χ2n) is 5.70. The van der Waals surface area contributed by atoms with Gasteiger partial charge in [-0.05, 0) is 54.1 Å². The molecule has 2 aromatic carbocycles. The van der Waals surface area contributed by atoms with Crippen LogP contribution in [0.5, 0.6) is 0 Å². The summed E-state index contributed by atoms with van der Waals surface area (Å²) >= 11 is 0. The monoisotopic (exact) mass is 265 g/mol. The van der Waals surface area contributed by atoms with Crippen LogP contribution in [0.3, 0.4) is 0 Å². The van der Waals surface area contributed by atoms with Gasteiger partial charge in [-0.15, -0.1) is 0 Å². The Morgan fingerprint density at radius 2 is 2.00 bits per heavy atom. The average Bonchev–Trinajstić information content (AvgIpc) is 2.91. The normalized spacial score (nSPS) is 17.2. The van der Waals surface area contributed by atoms with Crippen molar-refractivity contribution < 1.29 is 0 Å². The molecule has 0 aromatic heterocycles. The van der Waals surface area contributed by atoms with Crippen LogP contribution in [0.2, 0.25) is 0 Å². The largest absolute Gasteiger partial charge is 0.313 e. The molecule has 104 valence electrons. The van der Waals surface area contributed by atoms with Gasteiger partial charge in [0.1, 0.15) is 0 Å². The molecule has 0 amide bonds. The molecule has 1 aliphatic carbocycles. The van der Waals surface area contributed by atoms with Gasteiger partial charge >= 0.3 is 0 Å². The van der Waals surface area contributed by atoms with Crippen molar-refractivity contribution in [1.29, 1.82) is 0 Å². The van der Waals surface area contributed by atoms with Gasteiger partial charge in [-0.1, -0.05) is 55.8 Å². The number of aryl methyl sites for hydroxylation is 1. The summed E-state index contributed by atoms with van der Waals surface area (Å²) in [5, 5.41) is 3.43. The Balaban J connectivity index is 2.03. The van der Waals surface area contributed by atoms with Crippen molar-refractivity contribution in [2.24, 2.45) is 0 Å². The molecule has 1 aliphatic rings. The van der Waals surface area contributed by atoms with Gasteiger partial charge in [0.25, 0.3) is 0 Å². The van der Waals surface area contributed by atoms with E-state index in [0.29, 0.717) is 6.04 Å². The smallest absolute Gasteiger partial charge is 0.0323 e. The van der Waals surface area contributed by atoms with Crippen molar-refractivity contribution in [3.63, 3.8) is 0 Å². The molecule has 0 saturated heterocycles. The SMILES string of the molecule is CCCc1cccc(-c2cccc3c2CCC3NC)c1. The Kier molecular flexibility index (Phi) is 3.88. The minimum atomic E-state index is 0.531. The van der Waals surface area contributed by atoms with Gasteiger partial charge in [0, 0.05) is 6.04 Å². The predicted octanol–water partition coefficient (Wildman–Crippen LogP) is 4.51. The maximum Gasteiger partial charge on any atom is 0.0323 e. The standard InChI is InChI=1S/C19H23N/c1-3-6-14-7-4-8-15(13-14)16-9-5-10-18-17(16)11-12-19(18)20-2/h4-5,7-10,13,19-20H,3,6,11-12H2,1-2H3. The first-order valence-electron chi connectivity index (χ1n) is 7.72. The summed E-state index contributed by atoms with van der Waals surface area (Å²) in [6.45, 7) is 2.24. The number of hydrogen-bond donors (Lipinski definition) is 1. The number of rotatable bonds is 4. The summed E-state index contributed by atoms with van der Waals surface area (Å²) < 4.78 is 0. The number of hydrogen-bond acceptors (Lipinski definition) is 1. The van der Waals surface area contributed by atoms with Crippen LogP contribution < -0.4 is 5.32 Å². The molecule has 0 fully saturated rings. The van der Waals surface area contributed by atoms with Gasteiger partial charge in [-0.3, -0.25) is 0 Å². The molecular weight excluding hydrogens is 242 g/mol. The van der Waals surface area contributed by atoms with Gasteiger partial charge in [-0.2, -0.15) is 0 Å². The molecule has 0 saturated carbocycles. The van der Waals surface area contributed by atoms with E-state index in [1.165, 1.54) is 47.9 Å². The molecule has 1 nitrogen and oxygen atoms in total. The molecule has 0 heterocycles. The summed E-state index contributed by atoms with van der Waals surface area (Å²) in [7, 11) is 2.06. The van der Waals surface area contributed by atoms with Crippen molar-refractivity contribution in [1.82, 2.24) is 5.32 Å². The Morgan fingerprint density at radius 3 is 2.80 bits per heavy atom. The second-order valence-corrected chi connectivity index (χ2v) is 5.70. The molecule has 0 aliphatic heterocycles. The van der Waals surface area contributed by atoms with Crippen LogP contribution in [0.1, 0.15) is 42.5 Å². The average molecular weight is 265 g/mol. The zero-order chi connectivity index (χ0) is 13.9. The van der Waals surface area contributed by atoms with E-state index in [-0.39, 0.29) is 0 Å². The van der Waals surface area contributed by atoms with E-state index in [4.69, 9.17) is 0 Å². The lowest BCUT2D eigenvalue weighted by molar-refractivity contribution is 0.590. The Labute approximate surface area is 122 Å². The van der Waals surface area contributed by atoms with Gasteiger partial charge in [0.05, 0.1) is 0 Å². The Bertz CT molecular complexity index is 600. The topological polar surface area (TPSA) is 12.0 Å². The van der Waals surface area contributed by atoms with Crippen molar-refractivity contribution in [2.75, 3.05) is 7.05 Å². The van der Waals surface area contributed by atoms with E-state index in [1.54, 1.807) is 5.56 Å². The highest BCUT2D eigenvalue weighted by molar-refractivity contribution is 5.70. The first kappa shape index (κ1) is 13.4. The minimum absolute atomic E-state index is 0.531. The number of fused-ring (bicyclic) bond motifs is 1. The highest BCUT2D eigenvalue weighted by atomic mass is 14.9. The minimum Gasteiger partial charge on any atom is -0.313 e.